The van der Waals surface area contributed by atoms with Crippen molar-refractivity contribution >= 4 is 0 Å². The summed E-state index contributed by atoms with van der Waals surface area (Å²) in [7, 11) is 0. The van der Waals surface area contributed by atoms with E-state index in [-0.39, 0.29) is 0 Å². The van der Waals surface area contributed by atoms with E-state index in [1.807, 2.05) is 32.9 Å². The highest BCUT2D eigenvalue weighted by Gasteiger charge is 2.08. The van der Waals surface area contributed by atoms with Crippen LogP contribution in [0.1, 0.15) is 18.4 Å². The van der Waals surface area contributed by atoms with Crippen molar-refractivity contribution in [2.75, 3.05) is 6.61 Å². The van der Waals surface area contributed by atoms with Crippen molar-refractivity contribution < 1.29 is 4.74 Å². The molecule has 0 aromatic carbocycles. The standard InChI is InChI=1S/C11H14N4O/c1-4-16-11-10(6-5-8(2)13-11)15-7-12-9(3)14-15/h5-7H,4H2,1-3H3. The zero-order chi connectivity index (χ0) is 11.5. The van der Waals surface area contributed by atoms with Gasteiger partial charge in [-0.05, 0) is 32.9 Å². The van der Waals surface area contributed by atoms with Gasteiger partial charge in [-0.3, -0.25) is 0 Å². The molecule has 0 unspecified atom stereocenters. The first-order valence-corrected chi connectivity index (χ1v) is 5.20. The Bertz CT molecular complexity index is 492. The fourth-order valence-corrected chi connectivity index (χ4v) is 1.40. The van der Waals surface area contributed by atoms with Crippen LogP contribution in [0.25, 0.3) is 5.69 Å². The van der Waals surface area contributed by atoms with Crippen molar-refractivity contribution in [3.63, 3.8) is 0 Å². The summed E-state index contributed by atoms with van der Waals surface area (Å²) in [4.78, 5) is 8.42. The molecule has 0 fully saturated rings. The third kappa shape index (κ3) is 2.03. The van der Waals surface area contributed by atoms with Gasteiger partial charge in [0.05, 0.1) is 6.61 Å². The number of hydrogen-bond donors (Lipinski definition) is 0. The molecule has 0 amide bonds. The second kappa shape index (κ2) is 4.30. The van der Waals surface area contributed by atoms with Crippen molar-refractivity contribution in [1.82, 2.24) is 19.7 Å². The monoisotopic (exact) mass is 218 g/mol. The van der Waals surface area contributed by atoms with Gasteiger partial charge in [-0.15, -0.1) is 0 Å². The van der Waals surface area contributed by atoms with E-state index in [0.29, 0.717) is 12.5 Å². The maximum atomic E-state index is 5.48. The number of aromatic nitrogens is 4. The topological polar surface area (TPSA) is 52.8 Å². The van der Waals surface area contributed by atoms with E-state index in [4.69, 9.17) is 4.74 Å². The summed E-state index contributed by atoms with van der Waals surface area (Å²) >= 11 is 0. The van der Waals surface area contributed by atoms with Crippen LogP contribution in [-0.2, 0) is 0 Å². The Morgan fingerprint density at radius 1 is 1.31 bits per heavy atom. The van der Waals surface area contributed by atoms with Crippen molar-refractivity contribution in [1.29, 1.82) is 0 Å². The molecule has 2 aromatic heterocycles. The normalized spacial score (nSPS) is 10.4. The fourth-order valence-electron chi connectivity index (χ4n) is 1.40. The summed E-state index contributed by atoms with van der Waals surface area (Å²) in [5.41, 5.74) is 1.73. The molecule has 0 N–H and O–H groups in total. The van der Waals surface area contributed by atoms with Crippen LogP contribution in [0.2, 0.25) is 0 Å². The van der Waals surface area contributed by atoms with Crippen LogP contribution in [0.15, 0.2) is 18.5 Å². The highest BCUT2D eigenvalue weighted by atomic mass is 16.5. The highest BCUT2D eigenvalue weighted by molar-refractivity contribution is 5.41. The lowest BCUT2D eigenvalue weighted by molar-refractivity contribution is 0.324. The molecule has 0 aliphatic carbocycles. The summed E-state index contributed by atoms with van der Waals surface area (Å²) in [6.45, 7) is 6.29. The number of nitrogens with zero attached hydrogens (tertiary/aromatic N) is 4. The quantitative estimate of drug-likeness (QED) is 0.786. The molecular weight excluding hydrogens is 204 g/mol. The minimum atomic E-state index is 0.580. The Labute approximate surface area is 94.1 Å². The van der Waals surface area contributed by atoms with Crippen LogP contribution in [-0.4, -0.2) is 26.4 Å². The van der Waals surface area contributed by atoms with Crippen LogP contribution in [0.4, 0.5) is 0 Å². The third-order valence-electron chi connectivity index (χ3n) is 2.11. The molecule has 0 atom stereocenters. The van der Waals surface area contributed by atoms with Gasteiger partial charge in [0, 0.05) is 5.69 Å². The maximum absolute atomic E-state index is 5.48. The molecule has 0 aliphatic rings. The lowest BCUT2D eigenvalue weighted by Gasteiger charge is -2.08. The summed E-state index contributed by atoms with van der Waals surface area (Å²) in [6, 6.07) is 3.86. The third-order valence-corrected chi connectivity index (χ3v) is 2.11. The molecule has 2 aromatic rings. The summed E-state index contributed by atoms with van der Waals surface area (Å²) < 4.78 is 7.16. The van der Waals surface area contributed by atoms with Gasteiger partial charge < -0.3 is 4.74 Å². The molecule has 0 spiro atoms. The van der Waals surface area contributed by atoms with Crippen LogP contribution in [0.3, 0.4) is 0 Å². The van der Waals surface area contributed by atoms with Crippen LogP contribution >= 0.6 is 0 Å². The largest absolute Gasteiger partial charge is 0.476 e. The summed E-state index contributed by atoms with van der Waals surface area (Å²) in [5.74, 6) is 1.32. The molecule has 0 bridgehead atoms. The average molecular weight is 218 g/mol. The predicted molar refractivity (Wildman–Crippen MR) is 59.8 cm³/mol. The smallest absolute Gasteiger partial charge is 0.240 e. The van der Waals surface area contributed by atoms with Crippen molar-refractivity contribution in [3.8, 4) is 11.6 Å². The number of aryl methyl sites for hydroxylation is 2. The number of pyridine rings is 1. The first kappa shape index (κ1) is 10.6. The van der Waals surface area contributed by atoms with E-state index in [2.05, 4.69) is 15.1 Å². The van der Waals surface area contributed by atoms with E-state index >= 15 is 0 Å². The molecule has 5 heteroatoms. The minimum absolute atomic E-state index is 0.580. The van der Waals surface area contributed by atoms with Gasteiger partial charge in [-0.25, -0.2) is 14.6 Å². The molecular formula is C11H14N4O. The van der Waals surface area contributed by atoms with E-state index in [1.165, 1.54) is 0 Å². The molecule has 2 rings (SSSR count). The average Bonchev–Trinajstić information content (AvgIpc) is 2.65. The van der Waals surface area contributed by atoms with Crippen molar-refractivity contribution in [2.45, 2.75) is 20.8 Å². The van der Waals surface area contributed by atoms with Gasteiger partial charge in [0.1, 0.15) is 17.8 Å². The number of ether oxygens (including phenoxy) is 1. The van der Waals surface area contributed by atoms with Crippen molar-refractivity contribution in [2.24, 2.45) is 0 Å². The van der Waals surface area contributed by atoms with E-state index in [9.17, 15) is 0 Å². The summed E-state index contributed by atoms with van der Waals surface area (Å²) in [5, 5.41) is 4.24. The SMILES string of the molecule is CCOc1nc(C)ccc1-n1cnc(C)n1. The Morgan fingerprint density at radius 2 is 2.12 bits per heavy atom. The molecule has 0 radical (unpaired) electrons. The van der Waals surface area contributed by atoms with Gasteiger partial charge in [0.15, 0.2) is 0 Å². The van der Waals surface area contributed by atoms with Gasteiger partial charge in [-0.2, -0.15) is 5.10 Å². The molecule has 16 heavy (non-hydrogen) atoms. The first-order chi connectivity index (χ1) is 7.70. The zero-order valence-corrected chi connectivity index (χ0v) is 9.64. The molecule has 2 heterocycles. The lowest BCUT2D eigenvalue weighted by atomic mass is 10.3. The van der Waals surface area contributed by atoms with Crippen LogP contribution in [0.5, 0.6) is 5.88 Å². The van der Waals surface area contributed by atoms with E-state index in [0.717, 1.165) is 17.2 Å². The Kier molecular flexibility index (Phi) is 2.85. The van der Waals surface area contributed by atoms with E-state index in [1.54, 1.807) is 11.0 Å². The second-order valence-electron chi connectivity index (χ2n) is 3.45. The van der Waals surface area contributed by atoms with E-state index < -0.39 is 0 Å². The van der Waals surface area contributed by atoms with Gasteiger partial charge in [0.25, 0.3) is 0 Å². The zero-order valence-electron chi connectivity index (χ0n) is 9.64. The van der Waals surface area contributed by atoms with Gasteiger partial charge in [-0.1, -0.05) is 0 Å². The summed E-state index contributed by atoms with van der Waals surface area (Å²) in [6.07, 6.45) is 1.66. The Hall–Kier alpha value is -1.91. The van der Waals surface area contributed by atoms with Gasteiger partial charge >= 0.3 is 0 Å². The lowest BCUT2D eigenvalue weighted by Crippen LogP contribution is -2.04. The molecule has 84 valence electrons. The molecule has 0 saturated carbocycles. The Balaban J connectivity index is 2.47. The number of hydrogen-bond acceptors (Lipinski definition) is 4. The first-order valence-electron chi connectivity index (χ1n) is 5.20. The van der Waals surface area contributed by atoms with Crippen LogP contribution in [0, 0.1) is 13.8 Å². The predicted octanol–water partition coefficient (Wildman–Crippen LogP) is 1.68. The van der Waals surface area contributed by atoms with Crippen LogP contribution < -0.4 is 4.74 Å². The Morgan fingerprint density at radius 3 is 2.75 bits per heavy atom. The molecule has 0 saturated heterocycles. The highest BCUT2D eigenvalue weighted by Crippen LogP contribution is 2.19. The maximum Gasteiger partial charge on any atom is 0.240 e. The fraction of sp³-hybridized carbons (Fsp3) is 0.364. The van der Waals surface area contributed by atoms with Crippen molar-refractivity contribution in [3.05, 3.63) is 30.0 Å². The molecule has 0 aliphatic heterocycles. The van der Waals surface area contributed by atoms with Gasteiger partial charge in [0.2, 0.25) is 5.88 Å². The molecule has 5 nitrogen and oxygen atoms in total. The second-order valence-corrected chi connectivity index (χ2v) is 3.45. The minimum Gasteiger partial charge on any atom is -0.476 e. The number of rotatable bonds is 3.